The van der Waals surface area contributed by atoms with Crippen molar-refractivity contribution in [2.24, 2.45) is 0 Å². The molecular formula is C15H20ClN3OS. The molecule has 0 spiro atoms. The van der Waals surface area contributed by atoms with E-state index in [1.165, 1.54) is 11.3 Å². The lowest BCUT2D eigenvalue weighted by Crippen LogP contribution is -2.34. The molecule has 1 heterocycles. The Hall–Kier alpha value is -1.30. The summed E-state index contributed by atoms with van der Waals surface area (Å²) >= 11 is 7.54. The van der Waals surface area contributed by atoms with E-state index in [1.54, 1.807) is 6.07 Å². The van der Waals surface area contributed by atoms with Crippen LogP contribution in [0.25, 0.3) is 10.1 Å². The van der Waals surface area contributed by atoms with Gasteiger partial charge in [-0.1, -0.05) is 17.7 Å². The van der Waals surface area contributed by atoms with Gasteiger partial charge in [0.05, 0.1) is 10.7 Å². The molecule has 3 N–H and O–H groups in total. The SMILES string of the molecule is CC(CCN(C)C)NC(=O)c1sc2cccc(Cl)c2c1N. The third-order valence-electron chi connectivity index (χ3n) is 3.29. The fraction of sp³-hybridized carbons (Fsp3) is 0.400. The van der Waals surface area contributed by atoms with Gasteiger partial charge in [0.15, 0.2) is 0 Å². The van der Waals surface area contributed by atoms with Gasteiger partial charge in [-0.05, 0) is 46.1 Å². The van der Waals surface area contributed by atoms with E-state index in [2.05, 4.69) is 10.2 Å². The van der Waals surface area contributed by atoms with E-state index in [4.69, 9.17) is 17.3 Å². The van der Waals surface area contributed by atoms with Crippen LogP contribution in [-0.2, 0) is 0 Å². The number of carbonyl (C=O) groups excluding carboxylic acids is 1. The van der Waals surface area contributed by atoms with Crippen LogP contribution in [0.3, 0.4) is 0 Å². The van der Waals surface area contributed by atoms with E-state index in [0.29, 0.717) is 15.6 Å². The minimum atomic E-state index is -0.129. The Morgan fingerprint density at radius 1 is 1.48 bits per heavy atom. The van der Waals surface area contributed by atoms with Gasteiger partial charge in [0.1, 0.15) is 4.88 Å². The van der Waals surface area contributed by atoms with Crippen molar-refractivity contribution in [3.05, 3.63) is 28.1 Å². The summed E-state index contributed by atoms with van der Waals surface area (Å²) < 4.78 is 0.936. The zero-order chi connectivity index (χ0) is 15.6. The maximum atomic E-state index is 12.4. The van der Waals surface area contributed by atoms with Crippen LogP contribution < -0.4 is 11.1 Å². The van der Waals surface area contributed by atoms with E-state index in [9.17, 15) is 4.79 Å². The highest BCUT2D eigenvalue weighted by atomic mass is 35.5. The minimum Gasteiger partial charge on any atom is -0.397 e. The van der Waals surface area contributed by atoms with Crippen molar-refractivity contribution in [3.63, 3.8) is 0 Å². The second-order valence-corrected chi connectivity index (χ2v) is 6.88. The first-order chi connectivity index (χ1) is 9.90. The molecule has 0 saturated carbocycles. The van der Waals surface area contributed by atoms with E-state index in [-0.39, 0.29) is 11.9 Å². The molecule has 0 aliphatic carbocycles. The lowest BCUT2D eigenvalue weighted by molar-refractivity contribution is 0.0942. The van der Waals surface area contributed by atoms with E-state index < -0.39 is 0 Å². The zero-order valence-electron chi connectivity index (χ0n) is 12.4. The summed E-state index contributed by atoms with van der Waals surface area (Å²) in [5, 5.41) is 4.35. The summed E-state index contributed by atoms with van der Waals surface area (Å²) in [6, 6.07) is 5.67. The van der Waals surface area contributed by atoms with Gasteiger partial charge in [0.2, 0.25) is 0 Å². The highest BCUT2D eigenvalue weighted by molar-refractivity contribution is 7.21. The number of benzene rings is 1. The van der Waals surface area contributed by atoms with E-state index in [1.807, 2.05) is 33.2 Å². The Kier molecular flexibility index (Phi) is 5.08. The normalized spacial score (nSPS) is 12.8. The van der Waals surface area contributed by atoms with Crippen molar-refractivity contribution < 1.29 is 4.79 Å². The molecule has 0 aliphatic rings. The molecule has 114 valence electrons. The standard InChI is InChI=1S/C15H20ClN3OS/c1-9(7-8-19(2)3)18-15(20)14-13(17)12-10(16)5-4-6-11(12)21-14/h4-6,9H,7-8,17H2,1-3H3,(H,18,20). The third-order valence-corrected chi connectivity index (χ3v) is 4.78. The maximum absolute atomic E-state index is 12.4. The second kappa shape index (κ2) is 6.64. The van der Waals surface area contributed by atoms with Crippen molar-refractivity contribution >= 4 is 44.6 Å². The van der Waals surface area contributed by atoms with Crippen LogP contribution in [0.2, 0.25) is 5.02 Å². The number of fused-ring (bicyclic) bond motifs is 1. The number of carbonyl (C=O) groups is 1. The quantitative estimate of drug-likeness (QED) is 0.887. The third kappa shape index (κ3) is 3.67. The summed E-state index contributed by atoms with van der Waals surface area (Å²) in [5.41, 5.74) is 6.57. The predicted molar refractivity (Wildman–Crippen MR) is 91.3 cm³/mol. The van der Waals surface area contributed by atoms with E-state index >= 15 is 0 Å². The maximum Gasteiger partial charge on any atom is 0.263 e. The number of nitrogens with two attached hydrogens (primary N) is 1. The number of hydrogen-bond donors (Lipinski definition) is 2. The van der Waals surface area contributed by atoms with Crippen LogP contribution in [-0.4, -0.2) is 37.5 Å². The monoisotopic (exact) mass is 325 g/mol. The van der Waals surface area contributed by atoms with Crippen LogP contribution in [0.15, 0.2) is 18.2 Å². The summed E-state index contributed by atoms with van der Waals surface area (Å²) in [4.78, 5) is 15.0. The summed E-state index contributed by atoms with van der Waals surface area (Å²) in [7, 11) is 4.03. The number of thiophene rings is 1. The first-order valence-corrected chi connectivity index (χ1v) is 8.01. The number of nitrogens with one attached hydrogen (secondary N) is 1. The summed E-state index contributed by atoms with van der Waals surface area (Å²) in [5.74, 6) is -0.129. The zero-order valence-corrected chi connectivity index (χ0v) is 14.0. The number of hydrogen-bond acceptors (Lipinski definition) is 4. The molecule has 1 aromatic carbocycles. The molecular weight excluding hydrogens is 306 g/mol. The molecule has 4 nitrogen and oxygen atoms in total. The van der Waals surface area contributed by atoms with Crippen molar-refractivity contribution in [3.8, 4) is 0 Å². The summed E-state index contributed by atoms with van der Waals surface area (Å²) in [6.45, 7) is 2.92. The first-order valence-electron chi connectivity index (χ1n) is 6.82. The second-order valence-electron chi connectivity index (χ2n) is 5.42. The number of nitrogens with zero attached hydrogens (tertiary/aromatic N) is 1. The Morgan fingerprint density at radius 2 is 2.19 bits per heavy atom. The van der Waals surface area contributed by atoms with Crippen LogP contribution >= 0.6 is 22.9 Å². The van der Waals surface area contributed by atoms with E-state index in [0.717, 1.165) is 23.1 Å². The number of rotatable bonds is 5. The van der Waals surface area contributed by atoms with Gasteiger partial charge in [0.25, 0.3) is 5.91 Å². The Labute approximate surface area is 133 Å². The van der Waals surface area contributed by atoms with Gasteiger partial charge in [-0.25, -0.2) is 0 Å². The molecule has 6 heteroatoms. The number of nitrogen functional groups attached to an aromatic ring is 1. The average molecular weight is 326 g/mol. The highest BCUT2D eigenvalue weighted by Gasteiger charge is 2.19. The molecule has 2 aromatic rings. The molecule has 1 amide bonds. The molecule has 1 atom stereocenters. The first kappa shape index (κ1) is 16.1. The molecule has 0 fully saturated rings. The molecule has 1 aromatic heterocycles. The lowest BCUT2D eigenvalue weighted by Gasteiger charge is -2.16. The van der Waals surface area contributed by atoms with Crippen molar-refractivity contribution in [2.45, 2.75) is 19.4 Å². The Bertz CT molecular complexity index is 654. The largest absolute Gasteiger partial charge is 0.397 e. The fourth-order valence-corrected chi connectivity index (χ4v) is 3.50. The molecule has 21 heavy (non-hydrogen) atoms. The molecule has 0 radical (unpaired) electrons. The van der Waals surface area contributed by atoms with Gasteiger partial charge in [-0.3, -0.25) is 4.79 Å². The molecule has 0 saturated heterocycles. The minimum absolute atomic E-state index is 0.0972. The van der Waals surface area contributed by atoms with Crippen molar-refractivity contribution in [2.75, 3.05) is 26.4 Å². The van der Waals surface area contributed by atoms with Gasteiger partial charge in [-0.2, -0.15) is 0 Å². The smallest absolute Gasteiger partial charge is 0.263 e. The van der Waals surface area contributed by atoms with Crippen LogP contribution in [0, 0.1) is 0 Å². The van der Waals surface area contributed by atoms with Gasteiger partial charge >= 0.3 is 0 Å². The van der Waals surface area contributed by atoms with Crippen LogP contribution in [0.4, 0.5) is 5.69 Å². The number of anilines is 1. The van der Waals surface area contributed by atoms with Crippen molar-refractivity contribution in [1.29, 1.82) is 0 Å². The predicted octanol–water partition coefficient (Wildman–Crippen LogP) is 3.21. The lowest BCUT2D eigenvalue weighted by atomic mass is 10.2. The van der Waals surface area contributed by atoms with Gasteiger partial charge in [0, 0.05) is 16.1 Å². The molecule has 2 rings (SSSR count). The van der Waals surface area contributed by atoms with Crippen LogP contribution in [0.5, 0.6) is 0 Å². The average Bonchev–Trinajstić information content (AvgIpc) is 2.75. The van der Waals surface area contributed by atoms with Crippen LogP contribution in [0.1, 0.15) is 23.0 Å². The number of amides is 1. The highest BCUT2D eigenvalue weighted by Crippen LogP contribution is 2.37. The topological polar surface area (TPSA) is 58.4 Å². The molecule has 0 bridgehead atoms. The van der Waals surface area contributed by atoms with Crippen molar-refractivity contribution in [1.82, 2.24) is 10.2 Å². The number of halogens is 1. The molecule has 0 aliphatic heterocycles. The Morgan fingerprint density at radius 3 is 2.81 bits per heavy atom. The summed E-state index contributed by atoms with van der Waals surface area (Å²) in [6.07, 6.45) is 0.893. The fourth-order valence-electron chi connectivity index (χ4n) is 2.11. The molecule has 1 unspecified atom stereocenters. The Balaban J connectivity index is 2.16. The van der Waals surface area contributed by atoms with Gasteiger partial charge in [-0.15, -0.1) is 11.3 Å². The van der Waals surface area contributed by atoms with Gasteiger partial charge < -0.3 is 16.0 Å².